The van der Waals surface area contributed by atoms with Gasteiger partial charge in [0, 0.05) is 34.9 Å². The third kappa shape index (κ3) is 5.06. The third-order valence-electron chi connectivity index (χ3n) is 6.72. The second kappa shape index (κ2) is 11.5. The van der Waals surface area contributed by atoms with Crippen molar-refractivity contribution in [1.29, 1.82) is 0 Å². The number of hydrogen-bond donors (Lipinski definition) is 1. The summed E-state index contributed by atoms with van der Waals surface area (Å²) in [7, 11) is 1.64. The van der Waals surface area contributed by atoms with Crippen molar-refractivity contribution in [1.82, 2.24) is 14.9 Å². The monoisotopic (exact) mass is 610 g/mol. The Kier molecular flexibility index (Phi) is 8.04. The van der Waals surface area contributed by atoms with Crippen LogP contribution < -0.4 is 15.0 Å². The predicted octanol–water partition coefficient (Wildman–Crippen LogP) is 7.11. The normalized spacial score (nSPS) is 17.1. The number of anilines is 1. The van der Waals surface area contributed by atoms with Gasteiger partial charge in [0.15, 0.2) is 5.11 Å². The van der Waals surface area contributed by atoms with Gasteiger partial charge in [0.2, 0.25) is 0 Å². The minimum atomic E-state index is -0.159. The van der Waals surface area contributed by atoms with Gasteiger partial charge in [-0.25, -0.2) is 0 Å². The van der Waals surface area contributed by atoms with Gasteiger partial charge in [-0.05, 0) is 96.1 Å². The SMILES string of the molecule is COCCOc1ccc(N2C(=S)N[C@H](c3ccccn3)[C@H]2c2cc(C)n(-c3ccccc3Br)c2C)cc1Cl. The van der Waals surface area contributed by atoms with Gasteiger partial charge < -0.3 is 24.3 Å². The van der Waals surface area contributed by atoms with E-state index in [4.69, 9.17) is 33.3 Å². The van der Waals surface area contributed by atoms with Crippen LogP contribution in [0.1, 0.15) is 34.7 Å². The molecular formula is C29H28BrClN4O2S. The molecule has 3 heterocycles. The van der Waals surface area contributed by atoms with Crippen LogP contribution in [-0.2, 0) is 4.74 Å². The van der Waals surface area contributed by atoms with Crippen LogP contribution in [0.3, 0.4) is 0 Å². The first-order chi connectivity index (χ1) is 18.4. The first-order valence-corrected chi connectivity index (χ1v) is 13.8. The van der Waals surface area contributed by atoms with Crippen LogP contribution in [-0.4, -0.2) is 35.0 Å². The maximum atomic E-state index is 6.66. The first kappa shape index (κ1) is 26.7. The molecule has 0 bridgehead atoms. The van der Waals surface area contributed by atoms with E-state index in [2.05, 4.69) is 67.7 Å². The van der Waals surface area contributed by atoms with E-state index in [0.29, 0.717) is 29.1 Å². The van der Waals surface area contributed by atoms with Gasteiger partial charge in [-0.3, -0.25) is 4.98 Å². The lowest BCUT2D eigenvalue weighted by molar-refractivity contribution is 0.146. The number of pyridine rings is 1. The molecule has 1 aliphatic rings. The zero-order chi connectivity index (χ0) is 26.8. The molecule has 1 aliphatic heterocycles. The third-order valence-corrected chi connectivity index (χ3v) is 8.00. The van der Waals surface area contributed by atoms with E-state index < -0.39 is 0 Å². The Hall–Kier alpha value is -2.91. The molecule has 2 atom stereocenters. The summed E-state index contributed by atoms with van der Waals surface area (Å²) in [5, 5.41) is 4.66. The number of thiocarbonyl (C=S) groups is 1. The van der Waals surface area contributed by atoms with Crippen LogP contribution in [0.25, 0.3) is 5.69 Å². The van der Waals surface area contributed by atoms with Crippen molar-refractivity contribution in [3.8, 4) is 11.4 Å². The van der Waals surface area contributed by atoms with Gasteiger partial charge in [0.1, 0.15) is 12.4 Å². The molecule has 0 radical (unpaired) electrons. The highest BCUT2D eigenvalue weighted by Crippen LogP contribution is 2.45. The van der Waals surface area contributed by atoms with Crippen LogP contribution >= 0.6 is 39.7 Å². The highest BCUT2D eigenvalue weighted by atomic mass is 79.9. The molecule has 0 amide bonds. The fraction of sp³-hybridized carbons (Fsp3) is 0.241. The molecule has 2 aromatic carbocycles. The molecule has 38 heavy (non-hydrogen) atoms. The van der Waals surface area contributed by atoms with Crippen molar-refractivity contribution < 1.29 is 9.47 Å². The minimum Gasteiger partial charge on any atom is -0.490 e. The van der Waals surface area contributed by atoms with Crippen molar-refractivity contribution in [2.75, 3.05) is 25.2 Å². The maximum Gasteiger partial charge on any atom is 0.174 e. The number of nitrogens with one attached hydrogen (secondary N) is 1. The summed E-state index contributed by atoms with van der Waals surface area (Å²) in [5.74, 6) is 0.607. The molecule has 0 spiro atoms. The average molecular weight is 612 g/mol. The lowest BCUT2D eigenvalue weighted by Crippen LogP contribution is -2.29. The summed E-state index contributed by atoms with van der Waals surface area (Å²) < 4.78 is 14.2. The zero-order valence-corrected chi connectivity index (χ0v) is 24.5. The van der Waals surface area contributed by atoms with Gasteiger partial charge in [0.25, 0.3) is 0 Å². The second-order valence-corrected chi connectivity index (χ2v) is 10.7. The Balaban J connectivity index is 1.61. The summed E-state index contributed by atoms with van der Waals surface area (Å²) in [6, 6.07) is 21.9. The second-order valence-electron chi connectivity index (χ2n) is 9.07. The van der Waals surface area contributed by atoms with Crippen molar-refractivity contribution in [2.45, 2.75) is 25.9 Å². The fourth-order valence-electron chi connectivity index (χ4n) is 5.03. The smallest absolute Gasteiger partial charge is 0.174 e. The van der Waals surface area contributed by atoms with Crippen LogP contribution in [0.5, 0.6) is 5.75 Å². The fourth-order valence-corrected chi connectivity index (χ4v) is 6.07. The molecule has 0 saturated carbocycles. The molecule has 5 rings (SSSR count). The molecular weight excluding hydrogens is 584 g/mol. The Morgan fingerprint density at radius 3 is 2.55 bits per heavy atom. The molecule has 196 valence electrons. The Morgan fingerprint density at radius 2 is 1.84 bits per heavy atom. The summed E-state index contributed by atoms with van der Waals surface area (Å²) in [4.78, 5) is 6.81. The van der Waals surface area contributed by atoms with Crippen LogP contribution in [0.2, 0.25) is 5.02 Å². The molecule has 1 N–H and O–H groups in total. The topological polar surface area (TPSA) is 51.6 Å². The minimum absolute atomic E-state index is 0.156. The number of methoxy groups -OCH3 is 1. The molecule has 9 heteroatoms. The molecule has 6 nitrogen and oxygen atoms in total. The number of ether oxygens (including phenoxy) is 2. The predicted molar refractivity (Wildman–Crippen MR) is 160 cm³/mol. The van der Waals surface area contributed by atoms with Crippen molar-refractivity contribution in [3.63, 3.8) is 0 Å². The van der Waals surface area contributed by atoms with Crippen LogP contribution in [0.4, 0.5) is 5.69 Å². The number of aryl methyl sites for hydroxylation is 1. The number of rotatable bonds is 8. The van der Waals surface area contributed by atoms with Gasteiger partial charge in [-0.2, -0.15) is 0 Å². The standard InChI is InChI=1S/C29H28BrClN4O2S/c1-18-16-21(19(2)34(18)25-10-5-4-8-22(25)30)28-27(24-9-6-7-13-32-24)33-29(38)35(28)20-11-12-26(23(31)17-20)37-15-14-36-3/h4-13,16-17,27-28H,14-15H2,1-3H3,(H,33,38)/t27-,28-/m1/s1. The Labute approximate surface area is 241 Å². The Bertz CT molecular complexity index is 1460. The largest absolute Gasteiger partial charge is 0.490 e. The molecule has 1 fully saturated rings. The van der Waals surface area contributed by atoms with Gasteiger partial charge in [-0.15, -0.1) is 0 Å². The van der Waals surface area contributed by atoms with E-state index in [1.54, 1.807) is 7.11 Å². The number of hydrogen-bond acceptors (Lipinski definition) is 4. The quantitative estimate of drug-likeness (QED) is 0.169. The van der Waals surface area contributed by atoms with Gasteiger partial charge >= 0.3 is 0 Å². The summed E-state index contributed by atoms with van der Waals surface area (Å²) >= 11 is 16.3. The van der Waals surface area contributed by atoms with Crippen LogP contribution in [0, 0.1) is 13.8 Å². The molecule has 0 unspecified atom stereocenters. The molecule has 1 saturated heterocycles. The molecule has 2 aromatic heterocycles. The number of benzene rings is 2. The van der Waals surface area contributed by atoms with Crippen molar-refractivity contribution in [2.24, 2.45) is 0 Å². The van der Waals surface area contributed by atoms with Gasteiger partial charge in [-0.1, -0.05) is 29.8 Å². The van der Waals surface area contributed by atoms with E-state index in [9.17, 15) is 0 Å². The number of para-hydroxylation sites is 1. The van der Waals surface area contributed by atoms with Crippen molar-refractivity contribution in [3.05, 3.63) is 105 Å². The zero-order valence-electron chi connectivity index (χ0n) is 21.3. The van der Waals surface area contributed by atoms with Gasteiger partial charge in [0.05, 0.1) is 35.1 Å². The van der Waals surface area contributed by atoms with Crippen LogP contribution in [0.15, 0.2) is 77.4 Å². The van der Waals surface area contributed by atoms with E-state index >= 15 is 0 Å². The van der Waals surface area contributed by atoms with E-state index in [1.165, 1.54) is 0 Å². The summed E-state index contributed by atoms with van der Waals surface area (Å²) in [6.07, 6.45) is 1.81. The highest BCUT2D eigenvalue weighted by molar-refractivity contribution is 9.10. The lowest BCUT2D eigenvalue weighted by atomic mass is 9.96. The summed E-state index contributed by atoms with van der Waals surface area (Å²) in [6.45, 7) is 5.18. The molecule has 4 aromatic rings. The van der Waals surface area contributed by atoms with E-state index in [0.717, 1.165) is 38.5 Å². The number of nitrogens with zero attached hydrogens (tertiary/aromatic N) is 3. The lowest BCUT2D eigenvalue weighted by Gasteiger charge is -2.28. The van der Waals surface area contributed by atoms with Crippen molar-refractivity contribution >= 4 is 50.5 Å². The Morgan fingerprint density at radius 1 is 1.05 bits per heavy atom. The van der Waals surface area contributed by atoms with E-state index in [-0.39, 0.29) is 12.1 Å². The number of aromatic nitrogens is 2. The maximum absolute atomic E-state index is 6.66. The average Bonchev–Trinajstić information content (AvgIpc) is 3.41. The first-order valence-electron chi connectivity index (χ1n) is 12.3. The summed E-state index contributed by atoms with van der Waals surface area (Å²) in [5.41, 5.74) is 6.28. The highest BCUT2D eigenvalue weighted by Gasteiger charge is 2.42. The van der Waals surface area contributed by atoms with E-state index in [1.807, 2.05) is 54.7 Å². The molecule has 0 aliphatic carbocycles. The number of halogens is 2.